The fourth-order valence-electron chi connectivity index (χ4n) is 1.93. The van der Waals surface area contributed by atoms with Gasteiger partial charge in [-0.3, -0.25) is 0 Å². The Balaban J connectivity index is 2.11. The molecule has 4 heteroatoms. The summed E-state index contributed by atoms with van der Waals surface area (Å²) in [7, 11) is 1.38. The Morgan fingerprint density at radius 3 is 2.48 bits per heavy atom. The fourth-order valence-corrected chi connectivity index (χ4v) is 1.93. The van der Waals surface area contributed by atoms with Crippen LogP contribution in [0, 0.1) is 0 Å². The van der Waals surface area contributed by atoms with Crippen LogP contribution in [0.1, 0.15) is 24.1 Å². The van der Waals surface area contributed by atoms with Crippen LogP contribution in [0.3, 0.4) is 0 Å². The maximum Gasteiger partial charge on any atom is 0.375 e. The molecule has 2 aromatic rings. The molecule has 0 aliphatic rings. The highest BCUT2D eigenvalue weighted by atomic mass is 16.5. The van der Waals surface area contributed by atoms with E-state index in [1.165, 1.54) is 7.11 Å². The molecule has 108 valence electrons. The standard InChI is InChI=1S/C17H17NO3/c1-13(17(20)21-2)18-10-8-14(9-11-18)6-7-15-4-3-5-16(19)12-15/h3-13H,1-2H3/p+1/b7-6+. The smallest absolute Gasteiger partial charge is 0.375 e. The summed E-state index contributed by atoms with van der Waals surface area (Å²) in [6.45, 7) is 1.79. The van der Waals surface area contributed by atoms with Crippen molar-refractivity contribution in [2.24, 2.45) is 0 Å². The number of aromatic hydroxyl groups is 1. The quantitative estimate of drug-likeness (QED) is 0.693. The number of phenolic OH excluding ortho intramolecular Hbond substituents is 1. The third kappa shape index (κ3) is 3.92. The highest BCUT2D eigenvalue weighted by Crippen LogP contribution is 2.13. The normalized spacial score (nSPS) is 12.3. The van der Waals surface area contributed by atoms with Crippen molar-refractivity contribution in [1.29, 1.82) is 0 Å². The summed E-state index contributed by atoms with van der Waals surface area (Å²) in [4.78, 5) is 11.5. The van der Waals surface area contributed by atoms with E-state index in [0.29, 0.717) is 0 Å². The first-order valence-corrected chi connectivity index (χ1v) is 6.66. The van der Waals surface area contributed by atoms with E-state index < -0.39 is 0 Å². The van der Waals surface area contributed by atoms with Gasteiger partial charge in [0.05, 0.1) is 7.11 Å². The lowest BCUT2D eigenvalue weighted by atomic mass is 10.1. The van der Waals surface area contributed by atoms with Gasteiger partial charge in [0.2, 0.25) is 0 Å². The summed E-state index contributed by atoms with van der Waals surface area (Å²) in [5.74, 6) is -0.0296. The van der Waals surface area contributed by atoms with Crippen molar-refractivity contribution in [2.75, 3.05) is 7.11 Å². The number of carbonyl (C=O) groups excluding carboxylic acids is 1. The molecule has 0 aliphatic carbocycles. The lowest BCUT2D eigenvalue weighted by Gasteiger charge is -2.04. The van der Waals surface area contributed by atoms with Gasteiger partial charge >= 0.3 is 5.97 Å². The van der Waals surface area contributed by atoms with Crippen LogP contribution in [0.25, 0.3) is 12.2 Å². The Bertz CT molecular complexity index is 647. The van der Waals surface area contributed by atoms with Crippen LogP contribution in [-0.2, 0) is 9.53 Å². The Labute approximate surface area is 123 Å². The molecule has 1 atom stereocenters. The van der Waals surface area contributed by atoms with E-state index in [1.54, 1.807) is 29.7 Å². The van der Waals surface area contributed by atoms with Crippen molar-refractivity contribution in [2.45, 2.75) is 13.0 Å². The number of pyridine rings is 1. The van der Waals surface area contributed by atoms with E-state index in [2.05, 4.69) is 0 Å². The van der Waals surface area contributed by atoms with Crippen LogP contribution in [0.4, 0.5) is 0 Å². The average molecular weight is 284 g/mol. The van der Waals surface area contributed by atoms with Crippen LogP contribution in [0.5, 0.6) is 5.75 Å². The van der Waals surface area contributed by atoms with E-state index in [1.807, 2.05) is 42.7 Å². The number of hydrogen-bond acceptors (Lipinski definition) is 3. The van der Waals surface area contributed by atoms with Crippen LogP contribution in [0.15, 0.2) is 48.8 Å². The Morgan fingerprint density at radius 1 is 1.19 bits per heavy atom. The highest BCUT2D eigenvalue weighted by molar-refractivity contribution is 5.72. The molecule has 1 aromatic carbocycles. The van der Waals surface area contributed by atoms with Crippen molar-refractivity contribution >= 4 is 18.1 Å². The number of esters is 1. The Kier molecular flexibility index (Phi) is 4.72. The summed E-state index contributed by atoms with van der Waals surface area (Å²) in [5, 5.41) is 9.40. The number of carbonyl (C=O) groups is 1. The zero-order valence-electron chi connectivity index (χ0n) is 12.1. The van der Waals surface area contributed by atoms with Crippen molar-refractivity contribution in [3.8, 4) is 5.75 Å². The molecule has 0 saturated heterocycles. The van der Waals surface area contributed by atoms with Gasteiger partial charge in [-0.25, -0.2) is 4.79 Å². The average Bonchev–Trinajstić information content (AvgIpc) is 2.52. The van der Waals surface area contributed by atoms with E-state index in [4.69, 9.17) is 4.74 Å². The van der Waals surface area contributed by atoms with Gasteiger partial charge in [0.25, 0.3) is 6.04 Å². The summed E-state index contributed by atoms with van der Waals surface area (Å²) in [5.41, 5.74) is 1.93. The van der Waals surface area contributed by atoms with Gasteiger partial charge in [0, 0.05) is 19.1 Å². The maximum absolute atomic E-state index is 11.5. The van der Waals surface area contributed by atoms with E-state index in [9.17, 15) is 9.90 Å². The fraction of sp³-hybridized carbons (Fsp3) is 0.176. The number of hydrogen-bond donors (Lipinski definition) is 1. The minimum Gasteiger partial charge on any atom is -0.508 e. The number of nitrogens with zero attached hydrogens (tertiary/aromatic N) is 1. The van der Waals surface area contributed by atoms with E-state index >= 15 is 0 Å². The van der Waals surface area contributed by atoms with E-state index in [-0.39, 0.29) is 17.8 Å². The molecule has 2 rings (SSSR count). The molecule has 1 aromatic heterocycles. The highest BCUT2D eigenvalue weighted by Gasteiger charge is 2.21. The lowest BCUT2D eigenvalue weighted by molar-refractivity contribution is -0.707. The van der Waals surface area contributed by atoms with Crippen LogP contribution in [0.2, 0.25) is 0 Å². The predicted octanol–water partition coefficient (Wildman–Crippen LogP) is 2.58. The third-order valence-corrected chi connectivity index (χ3v) is 3.21. The minimum absolute atomic E-state index is 0.245. The Morgan fingerprint density at radius 2 is 1.86 bits per heavy atom. The zero-order valence-corrected chi connectivity index (χ0v) is 12.1. The van der Waals surface area contributed by atoms with Gasteiger partial charge in [0.15, 0.2) is 12.4 Å². The van der Waals surface area contributed by atoms with Gasteiger partial charge in [-0.05, 0) is 23.3 Å². The summed E-state index contributed by atoms with van der Waals surface area (Å²) < 4.78 is 6.50. The SMILES string of the molecule is COC(=O)C(C)[n+]1ccc(/C=C/c2cccc(O)c2)cc1. The molecular formula is C17H18NO3+. The van der Waals surface area contributed by atoms with Crippen molar-refractivity contribution in [1.82, 2.24) is 0 Å². The van der Waals surface area contributed by atoms with Crippen LogP contribution < -0.4 is 4.57 Å². The monoisotopic (exact) mass is 284 g/mol. The van der Waals surface area contributed by atoms with Gasteiger partial charge in [-0.2, -0.15) is 4.57 Å². The van der Waals surface area contributed by atoms with Crippen molar-refractivity contribution in [3.63, 3.8) is 0 Å². The molecule has 0 aliphatic heterocycles. The predicted molar refractivity (Wildman–Crippen MR) is 80.4 cm³/mol. The molecule has 0 saturated carbocycles. The molecule has 0 bridgehead atoms. The summed E-state index contributed by atoms with van der Waals surface area (Å²) in [6, 6.07) is 10.5. The second-order valence-electron chi connectivity index (χ2n) is 4.71. The molecule has 1 heterocycles. The van der Waals surface area contributed by atoms with Gasteiger partial charge < -0.3 is 9.84 Å². The van der Waals surface area contributed by atoms with Crippen molar-refractivity contribution in [3.05, 3.63) is 59.9 Å². The van der Waals surface area contributed by atoms with Gasteiger partial charge in [0.1, 0.15) is 5.75 Å². The second kappa shape index (κ2) is 6.70. The largest absolute Gasteiger partial charge is 0.508 e. The van der Waals surface area contributed by atoms with Crippen molar-refractivity contribution < 1.29 is 19.2 Å². The molecule has 1 unspecified atom stereocenters. The molecule has 0 radical (unpaired) electrons. The minimum atomic E-state index is -0.348. The number of ether oxygens (including phenoxy) is 1. The first-order valence-electron chi connectivity index (χ1n) is 6.66. The molecule has 4 nitrogen and oxygen atoms in total. The molecule has 1 N–H and O–H groups in total. The maximum atomic E-state index is 11.5. The number of benzene rings is 1. The molecule has 0 spiro atoms. The topological polar surface area (TPSA) is 50.4 Å². The zero-order chi connectivity index (χ0) is 15.2. The second-order valence-corrected chi connectivity index (χ2v) is 4.71. The molecule has 0 amide bonds. The number of methoxy groups -OCH3 is 1. The Hall–Kier alpha value is -2.62. The lowest BCUT2D eigenvalue weighted by Crippen LogP contribution is -2.42. The number of phenols is 1. The van der Waals surface area contributed by atoms with Gasteiger partial charge in [-0.15, -0.1) is 0 Å². The van der Waals surface area contributed by atoms with Crippen LogP contribution in [-0.4, -0.2) is 18.2 Å². The molecular weight excluding hydrogens is 266 g/mol. The van der Waals surface area contributed by atoms with Crippen LogP contribution >= 0.6 is 0 Å². The molecule has 0 fully saturated rings. The number of rotatable bonds is 4. The number of aromatic nitrogens is 1. The first kappa shape index (κ1) is 14.8. The third-order valence-electron chi connectivity index (χ3n) is 3.21. The van der Waals surface area contributed by atoms with Gasteiger partial charge in [-0.1, -0.05) is 24.3 Å². The summed E-state index contributed by atoms with van der Waals surface area (Å²) >= 11 is 0. The summed E-state index contributed by atoms with van der Waals surface area (Å²) in [6.07, 6.45) is 7.54. The molecule has 21 heavy (non-hydrogen) atoms. The first-order chi connectivity index (χ1) is 10.1. The van der Waals surface area contributed by atoms with E-state index in [0.717, 1.165) is 11.1 Å².